The van der Waals surface area contributed by atoms with Crippen molar-refractivity contribution in [2.75, 3.05) is 6.61 Å². The van der Waals surface area contributed by atoms with E-state index >= 15 is 0 Å². The molecular weight excluding hydrogens is 156 g/mol. The van der Waals surface area contributed by atoms with E-state index in [9.17, 15) is 0 Å². The highest BCUT2D eigenvalue weighted by molar-refractivity contribution is 5.79. The minimum absolute atomic E-state index is 0.0169. The molecule has 0 aromatic rings. The van der Waals surface area contributed by atoms with Gasteiger partial charge in [0, 0.05) is 13.0 Å². The Morgan fingerprint density at radius 2 is 2.08 bits per heavy atom. The van der Waals surface area contributed by atoms with E-state index in [0.717, 1.165) is 0 Å². The monoisotopic (exact) mass is 174 g/mol. The lowest BCUT2D eigenvalue weighted by Crippen LogP contribution is -2.22. The maximum atomic E-state index is 8.27. The summed E-state index contributed by atoms with van der Waals surface area (Å²) < 4.78 is 5.40. The van der Waals surface area contributed by atoms with Crippen LogP contribution in [0, 0.1) is 5.92 Å². The van der Waals surface area contributed by atoms with Crippen LogP contribution in [-0.4, -0.2) is 23.8 Å². The second kappa shape index (κ2) is 5.83. The molecule has 72 valence electrons. The molecule has 4 heteroatoms. The largest absolute Gasteiger partial charge is 0.409 e. The first-order chi connectivity index (χ1) is 5.56. The quantitative estimate of drug-likeness (QED) is 0.284. The fourth-order valence-corrected chi connectivity index (χ4v) is 0.751. The van der Waals surface area contributed by atoms with Gasteiger partial charge in [0.15, 0.2) is 0 Å². The van der Waals surface area contributed by atoms with Gasteiger partial charge in [-0.3, -0.25) is 0 Å². The summed E-state index contributed by atoms with van der Waals surface area (Å²) in [6.45, 7) is 6.77. The average molecular weight is 174 g/mol. The van der Waals surface area contributed by atoms with Crippen molar-refractivity contribution >= 4 is 5.84 Å². The molecule has 0 aromatic carbocycles. The molecule has 0 saturated heterocycles. The Morgan fingerprint density at radius 1 is 1.50 bits per heavy atom. The van der Waals surface area contributed by atoms with Gasteiger partial charge in [0.05, 0.1) is 6.10 Å². The lowest BCUT2D eigenvalue weighted by atomic mass is 10.2. The van der Waals surface area contributed by atoms with Gasteiger partial charge >= 0.3 is 0 Å². The highest BCUT2D eigenvalue weighted by atomic mass is 16.5. The minimum Gasteiger partial charge on any atom is -0.409 e. The average Bonchev–Trinajstić information content (AvgIpc) is 2.00. The summed E-state index contributed by atoms with van der Waals surface area (Å²) in [7, 11) is 0. The molecular formula is C8H18N2O2. The molecule has 1 unspecified atom stereocenters. The van der Waals surface area contributed by atoms with Gasteiger partial charge in [-0.1, -0.05) is 19.0 Å². The van der Waals surface area contributed by atoms with Gasteiger partial charge in [-0.05, 0) is 12.8 Å². The van der Waals surface area contributed by atoms with E-state index in [1.165, 1.54) is 0 Å². The fraction of sp³-hybridized carbons (Fsp3) is 0.875. The second-order valence-corrected chi connectivity index (χ2v) is 3.33. The smallest absolute Gasteiger partial charge is 0.141 e. The molecule has 0 bridgehead atoms. The number of oxime groups is 1. The van der Waals surface area contributed by atoms with E-state index in [4.69, 9.17) is 15.7 Å². The van der Waals surface area contributed by atoms with Gasteiger partial charge in [0.25, 0.3) is 0 Å². The normalized spacial score (nSPS) is 15.2. The van der Waals surface area contributed by atoms with Crippen molar-refractivity contribution in [2.24, 2.45) is 16.8 Å². The standard InChI is InChI=1S/C8H18N2O2/c1-6(2)5-12-7(3)4-8(9)10-11/h6-7,11H,4-5H2,1-3H3,(H2,9,10). The van der Waals surface area contributed by atoms with E-state index < -0.39 is 0 Å². The number of hydrogen-bond donors (Lipinski definition) is 2. The number of nitrogens with two attached hydrogens (primary N) is 1. The van der Waals surface area contributed by atoms with Crippen molar-refractivity contribution in [1.29, 1.82) is 0 Å². The molecule has 3 N–H and O–H groups in total. The van der Waals surface area contributed by atoms with Crippen LogP contribution >= 0.6 is 0 Å². The van der Waals surface area contributed by atoms with Crippen LogP contribution in [0.15, 0.2) is 5.16 Å². The lowest BCUT2D eigenvalue weighted by Gasteiger charge is -2.13. The van der Waals surface area contributed by atoms with E-state index in [1.807, 2.05) is 6.92 Å². The molecule has 0 spiro atoms. The van der Waals surface area contributed by atoms with Crippen LogP contribution in [0.3, 0.4) is 0 Å². The predicted molar refractivity (Wildman–Crippen MR) is 48.3 cm³/mol. The lowest BCUT2D eigenvalue weighted by molar-refractivity contribution is 0.0516. The van der Waals surface area contributed by atoms with Crippen molar-refractivity contribution in [1.82, 2.24) is 0 Å². The first kappa shape index (κ1) is 11.2. The first-order valence-electron chi connectivity index (χ1n) is 4.14. The molecule has 0 saturated carbocycles. The summed E-state index contributed by atoms with van der Waals surface area (Å²) in [4.78, 5) is 0. The van der Waals surface area contributed by atoms with Gasteiger partial charge in [-0.15, -0.1) is 0 Å². The van der Waals surface area contributed by atoms with E-state index in [-0.39, 0.29) is 11.9 Å². The Labute approximate surface area is 73.4 Å². The Bertz CT molecular complexity index is 146. The van der Waals surface area contributed by atoms with Gasteiger partial charge in [-0.25, -0.2) is 0 Å². The molecule has 0 heterocycles. The van der Waals surface area contributed by atoms with Crippen molar-refractivity contribution in [2.45, 2.75) is 33.3 Å². The third-order valence-electron chi connectivity index (χ3n) is 1.34. The molecule has 0 fully saturated rings. The number of nitrogens with zero attached hydrogens (tertiary/aromatic N) is 1. The number of hydrogen-bond acceptors (Lipinski definition) is 3. The van der Waals surface area contributed by atoms with Gasteiger partial charge in [-0.2, -0.15) is 0 Å². The summed E-state index contributed by atoms with van der Waals surface area (Å²) in [5.74, 6) is 0.728. The van der Waals surface area contributed by atoms with Crippen molar-refractivity contribution in [3.8, 4) is 0 Å². The van der Waals surface area contributed by atoms with Gasteiger partial charge < -0.3 is 15.7 Å². The summed E-state index contributed by atoms with van der Waals surface area (Å²) in [5, 5.41) is 11.1. The first-order valence-corrected chi connectivity index (χ1v) is 4.14. The van der Waals surface area contributed by atoms with Crippen molar-refractivity contribution < 1.29 is 9.94 Å². The summed E-state index contributed by atoms with van der Waals surface area (Å²) in [6, 6.07) is 0. The molecule has 0 aromatic heterocycles. The summed E-state index contributed by atoms with van der Waals surface area (Å²) in [5.41, 5.74) is 5.30. The van der Waals surface area contributed by atoms with E-state index in [0.29, 0.717) is 18.9 Å². The number of rotatable bonds is 5. The van der Waals surface area contributed by atoms with Crippen LogP contribution in [0.2, 0.25) is 0 Å². The van der Waals surface area contributed by atoms with Crippen molar-refractivity contribution in [3.63, 3.8) is 0 Å². The molecule has 0 radical (unpaired) electrons. The zero-order valence-corrected chi connectivity index (χ0v) is 7.95. The Morgan fingerprint density at radius 3 is 2.50 bits per heavy atom. The number of amidine groups is 1. The van der Waals surface area contributed by atoms with Crippen LogP contribution < -0.4 is 5.73 Å². The van der Waals surface area contributed by atoms with Crippen LogP contribution in [0.1, 0.15) is 27.2 Å². The molecule has 0 rings (SSSR count). The third kappa shape index (κ3) is 5.97. The predicted octanol–water partition coefficient (Wildman–Crippen LogP) is 1.18. The third-order valence-corrected chi connectivity index (χ3v) is 1.34. The fourth-order valence-electron chi connectivity index (χ4n) is 0.751. The van der Waals surface area contributed by atoms with E-state index in [2.05, 4.69) is 19.0 Å². The molecule has 4 nitrogen and oxygen atoms in total. The Balaban J connectivity index is 3.53. The molecule has 0 aliphatic heterocycles. The van der Waals surface area contributed by atoms with Gasteiger partial charge in [0.2, 0.25) is 0 Å². The zero-order valence-electron chi connectivity index (χ0n) is 7.95. The van der Waals surface area contributed by atoms with Crippen LogP contribution in [0.5, 0.6) is 0 Å². The molecule has 0 amide bonds. The van der Waals surface area contributed by atoms with E-state index in [1.54, 1.807) is 0 Å². The maximum absolute atomic E-state index is 8.27. The van der Waals surface area contributed by atoms with Gasteiger partial charge in [0.1, 0.15) is 5.84 Å². The highest BCUT2D eigenvalue weighted by Gasteiger charge is 2.05. The maximum Gasteiger partial charge on any atom is 0.141 e. The molecule has 12 heavy (non-hydrogen) atoms. The Kier molecular flexibility index (Phi) is 5.45. The molecule has 1 atom stereocenters. The van der Waals surface area contributed by atoms with Crippen LogP contribution in [0.25, 0.3) is 0 Å². The van der Waals surface area contributed by atoms with Crippen LogP contribution in [0.4, 0.5) is 0 Å². The second-order valence-electron chi connectivity index (χ2n) is 3.33. The summed E-state index contributed by atoms with van der Waals surface area (Å²) >= 11 is 0. The highest BCUT2D eigenvalue weighted by Crippen LogP contribution is 2.01. The minimum atomic E-state index is 0.0169. The SMILES string of the molecule is CC(C)COC(C)CC(N)=NO. The molecule has 0 aliphatic carbocycles. The van der Waals surface area contributed by atoms with Crippen molar-refractivity contribution in [3.05, 3.63) is 0 Å². The number of ether oxygens (including phenoxy) is 1. The Hall–Kier alpha value is -0.770. The van der Waals surface area contributed by atoms with Crippen LogP contribution in [-0.2, 0) is 4.74 Å². The molecule has 0 aliphatic rings. The topological polar surface area (TPSA) is 67.8 Å². The summed E-state index contributed by atoms with van der Waals surface area (Å²) in [6.07, 6.45) is 0.492. The zero-order chi connectivity index (χ0) is 9.56.